The average Bonchev–Trinajstić information content (AvgIpc) is 3.37. The van der Waals surface area contributed by atoms with Gasteiger partial charge in [-0.15, -0.1) is 11.3 Å². The molecule has 2 N–H and O–H groups in total. The van der Waals surface area contributed by atoms with Gasteiger partial charge in [0.25, 0.3) is 0 Å². The van der Waals surface area contributed by atoms with Gasteiger partial charge in [0, 0.05) is 28.5 Å². The van der Waals surface area contributed by atoms with Gasteiger partial charge in [-0.3, -0.25) is 0 Å². The number of carbonyl (C=O) groups is 1. The van der Waals surface area contributed by atoms with E-state index in [0.717, 1.165) is 38.4 Å². The molecule has 0 spiro atoms. The van der Waals surface area contributed by atoms with Crippen LogP contribution in [0.3, 0.4) is 0 Å². The van der Waals surface area contributed by atoms with E-state index in [2.05, 4.69) is 4.98 Å². The molecule has 2 aromatic heterocycles. The number of nitrogens with zero attached hydrogens (tertiary/aromatic N) is 1. The standard InChI is InChI=1S/C23H21NO5S/c1-14-18(24-22(29-14)15-5-3-2-4-6-15)9-11-28-20-8-7-16(13-19(25)23(26)27)21-17(20)10-12-30-21/h2-8,10,12,19,25H,9,11,13H2,1H3,(H,26,27). The van der Waals surface area contributed by atoms with Crippen molar-refractivity contribution in [2.45, 2.75) is 25.9 Å². The molecule has 0 radical (unpaired) electrons. The molecular weight excluding hydrogens is 402 g/mol. The SMILES string of the molecule is Cc1oc(-c2ccccc2)nc1CCOc1ccc(CC(O)C(=O)O)c2sccc12. The number of benzene rings is 2. The second kappa shape index (κ2) is 8.69. The minimum absolute atomic E-state index is 0.0625. The van der Waals surface area contributed by atoms with Gasteiger partial charge in [-0.1, -0.05) is 24.3 Å². The summed E-state index contributed by atoms with van der Waals surface area (Å²) in [5, 5.41) is 21.5. The van der Waals surface area contributed by atoms with Crippen LogP contribution >= 0.6 is 11.3 Å². The number of rotatable bonds is 8. The van der Waals surface area contributed by atoms with Crippen molar-refractivity contribution in [2.75, 3.05) is 6.61 Å². The third-order valence-corrected chi connectivity index (χ3v) is 5.86. The zero-order valence-corrected chi connectivity index (χ0v) is 17.2. The van der Waals surface area contributed by atoms with Crippen molar-refractivity contribution >= 4 is 27.4 Å². The van der Waals surface area contributed by atoms with Gasteiger partial charge < -0.3 is 19.4 Å². The van der Waals surface area contributed by atoms with Gasteiger partial charge >= 0.3 is 5.97 Å². The number of aliphatic hydroxyl groups is 1. The maximum Gasteiger partial charge on any atom is 0.332 e. The number of aliphatic carboxylic acids is 1. The Labute approximate surface area is 177 Å². The zero-order valence-electron chi connectivity index (χ0n) is 16.4. The summed E-state index contributed by atoms with van der Waals surface area (Å²) in [4.78, 5) is 15.6. The highest BCUT2D eigenvalue weighted by Gasteiger charge is 2.17. The van der Waals surface area contributed by atoms with Crippen molar-refractivity contribution in [1.82, 2.24) is 4.98 Å². The molecule has 2 heterocycles. The summed E-state index contributed by atoms with van der Waals surface area (Å²) in [6, 6.07) is 15.3. The molecule has 0 saturated heterocycles. The van der Waals surface area contributed by atoms with Crippen LogP contribution in [0.2, 0.25) is 0 Å². The van der Waals surface area contributed by atoms with Crippen LogP contribution in [0.15, 0.2) is 58.3 Å². The normalized spacial score (nSPS) is 12.2. The summed E-state index contributed by atoms with van der Waals surface area (Å²) >= 11 is 1.50. The first-order valence-corrected chi connectivity index (χ1v) is 10.5. The lowest BCUT2D eigenvalue weighted by Crippen LogP contribution is -2.21. The molecule has 0 aliphatic carbocycles. The maximum atomic E-state index is 11.0. The number of aryl methyl sites for hydroxylation is 1. The van der Waals surface area contributed by atoms with Gasteiger partial charge in [-0.25, -0.2) is 9.78 Å². The van der Waals surface area contributed by atoms with E-state index in [-0.39, 0.29) is 6.42 Å². The lowest BCUT2D eigenvalue weighted by molar-refractivity contribution is -0.146. The first-order chi connectivity index (χ1) is 14.5. The van der Waals surface area contributed by atoms with Gasteiger partial charge in [0.2, 0.25) is 5.89 Å². The summed E-state index contributed by atoms with van der Waals surface area (Å²) in [5.41, 5.74) is 2.59. The van der Waals surface area contributed by atoms with Crippen molar-refractivity contribution in [3.8, 4) is 17.2 Å². The Hall–Kier alpha value is -3.16. The Morgan fingerprint density at radius 3 is 2.77 bits per heavy atom. The molecule has 0 aliphatic heterocycles. The van der Waals surface area contributed by atoms with E-state index in [1.165, 1.54) is 11.3 Å². The van der Waals surface area contributed by atoms with Crippen molar-refractivity contribution in [1.29, 1.82) is 0 Å². The van der Waals surface area contributed by atoms with Gasteiger partial charge in [0.1, 0.15) is 11.5 Å². The van der Waals surface area contributed by atoms with Crippen LogP contribution in [0.5, 0.6) is 5.75 Å². The highest BCUT2D eigenvalue weighted by Crippen LogP contribution is 2.33. The third-order valence-electron chi connectivity index (χ3n) is 4.87. The van der Waals surface area contributed by atoms with Crippen molar-refractivity contribution in [2.24, 2.45) is 0 Å². The number of fused-ring (bicyclic) bond motifs is 1. The first kappa shape index (κ1) is 20.1. The molecule has 0 saturated carbocycles. The number of ether oxygens (including phenoxy) is 1. The predicted octanol–water partition coefficient (Wildman–Crippen LogP) is 4.47. The minimum Gasteiger partial charge on any atom is -0.493 e. The van der Waals surface area contributed by atoms with Crippen LogP contribution in [0.25, 0.3) is 21.5 Å². The van der Waals surface area contributed by atoms with E-state index in [4.69, 9.17) is 14.3 Å². The number of carboxylic acids is 1. The lowest BCUT2D eigenvalue weighted by Gasteiger charge is -2.11. The molecule has 4 rings (SSSR count). The molecule has 0 amide bonds. The number of hydrogen-bond donors (Lipinski definition) is 2. The van der Waals surface area contributed by atoms with E-state index in [1.54, 1.807) is 0 Å². The van der Waals surface area contributed by atoms with Gasteiger partial charge in [0.05, 0.1) is 12.3 Å². The van der Waals surface area contributed by atoms with Crippen LogP contribution in [0.4, 0.5) is 0 Å². The Morgan fingerprint density at radius 1 is 1.20 bits per heavy atom. The van der Waals surface area contributed by atoms with E-state index >= 15 is 0 Å². The number of oxazole rings is 1. The summed E-state index contributed by atoms with van der Waals surface area (Å²) in [6.07, 6.45) is -0.753. The Kier molecular flexibility index (Phi) is 5.83. The molecule has 4 aromatic rings. The largest absolute Gasteiger partial charge is 0.493 e. The fourth-order valence-corrected chi connectivity index (χ4v) is 4.24. The summed E-state index contributed by atoms with van der Waals surface area (Å²) in [5.74, 6) is 0.878. The van der Waals surface area contributed by atoms with Crippen LogP contribution in [0, 0.1) is 6.92 Å². The molecule has 7 heteroatoms. The summed E-state index contributed by atoms with van der Waals surface area (Å²) in [6.45, 7) is 2.33. The third kappa shape index (κ3) is 4.22. The lowest BCUT2D eigenvalue weighted by atomic mass is 10.1. The van der Waals surface area contributed by atoms with Crippen LogP contribution in [0.1, 0.15) is 17.0 Å². The molecule has 1 unspecified atom stereocenters. The van der Waals surface area contributed by atoms with Crippen molar-refractivity contribution < 1.29 is 24.2 Å². The number of aromatic nitrogens is 1. The molecule has 30 heavy (non-hydrogen) atoms. The number of thiophene rings is 1. The topological polar surface area (TPSA) is 92.8 Å². The summed E-state index contributed by atoms with van der Waals surface area (Å²) in [7, 11) is 0. The van der Waals surface area contributed by atoms with E-state index < -0.39 is 12.1 Å². The predicted molar refractivity (Wildman–Crippen MR) is 115 cm³/mol. The van der Waals surface area contributed by atoms with Gasteiger partial charge in [0.15, 0.2) is 6.10 Å². The fraction of sp³-hybridized carbons (Fsp3) is 0.217. The monoisotopic (exact) mass is 423 g/mol. The number of hydrogen-bond acceptors (Lipinski definition) is 6. The molecule has 0 bridgehead atoms. The zero-order chi connectivity index (χ0) is 21.1. The van der Waals surface area contributed by atoms with E-state index in [1.807, 2.05) is 60.8 Å². The summed E-state index contributed by atoms with van der Waals surface area (Å²) < 4.78 is 12.7. The molecular formula is C23H21NO5S. The Morgan fingerprint density at radius 2 is 2.00 bits per heavy atom. The quantitative estimate of drug-likeness (QED) is 0.434. The van der Waals surface area contributed by atoms with Crippen LogP contribution < -0.4 is 4.74 Å². The first-order valence-electron chi connectivity index (χ1n) is 9.57. The molecule has 0 fully saturated rings. The second-order valence-corrected chi connectivity index (χ2v) is 7.85. The molecule has 154 valence electrons. The Bertz CT molecular complexity index is 1170. The van der Waals surface area contributed by atoms with Gasteiger partial charge in [-0.05, 0) is 42.1 Å². The van der Waals surface area contributed by atoms with E-state index in [9.17, 15) is 9.90 Å². The molecule has 0 aliphatic rings. The molecule has 2 aromatic carbocycles. The number of carboxylic acid groups (broad SMARTS) is 1. The minimum atomic E-state index is -1.42. The second-order valence-electron chi connectivity index (χ2n) is 6.93. The van der Waals surface area contributed by atoms with E-state index in [0.29, 0.717) is 18.9 Å². The van der Waals surface area contributed by atoms with Crippen molar-refractivity contribution in [3.63, 3.8) is 0 Å². The Balaban J connectivity index is 1.45. The van der Waals surface area contributed by atoms with Crippen LogP contribution in [-0.4, -0.2) is 33.9 Å². The van der Waals surface area contributed by atoms with Crippen LogP contribution in [-0.2, 0) is 17.6 Å². The van der Waals surface area contributed by atoms with Crippen molar-refractivity contribution in [3.05, 3.63) is 70.9 Å². The van der Waals surface area contributed by atoms with Gasteiger partial charge in [-0.2, -0.15) is 0 Å². The average molecular weight is 423 g/mol. The highest BCUT2D eigenvalue weighted by molar-refractivity contribution is 7.17. The molecule has 6 nitrogen and oxygen atoms in total. The smallest absolute Gasteiger partial charge is 0.332 e. The fourth-order valence-electron chi connectivity index (χ4n) is 3.30. The molecule has 1 atom stereocenters. The maximum absolute atomic E-state index is 11.0. The number of aliphatic hydroxyl groups excluding tert-OH is 1. The highest BCUT2D eigenvalue weighted by atomic mass is 32.1.